The Morgan fingerprint density at radius 2 is 2.33 bits per heavy atom. The molecule has 3 rings (SSSR count). The lowest BCUT2D eigenvalue weighted by molar-refractivity contribution is 0.314. The summed E-state index contributed by atoms with van der Waals surface area (Å²) in [5, 5.41) is 0. The number of rotatable bonds is 2. The highest BCUT2D eigenvalue weighted by Gasteiger charge is 2.29. The van der Waals surface area contributed by atoms with E-state index < -0.39 is 0 Å². The molecule has 18 heavy (non-hydrogen) atoms. The summed E-state index contributed by atoms with van der Waals surface area (Å²) >= 11 is 0. The number of benzene rings is 1. The van der Waals surface area contributed by atoms with E-state index in [0.29, 0.717) is 12.0 Å². The number of nitrogens with two attached hydrogens (primary N) is 1. The minimum Gasteiger partial charge on any atom is -0.342 e. The highest BCUT2D eigenvalue weighted by Crippen LogP contribution is 2.34. The maximum Gasteiger partial charge on any atom is 0.104 e. The highest BCUT2D eigenvalue weighted by molar-refractivity contribution is 5.76. The third-order valence-corrected chi connectivity index (χ3v) is 3.98. The summed E-state index contributed by atoms with van der Waals surface area (Å²) in [6, 6.07) is 7.03. The highest BCUT2D eigenvalue weighted by atomic mass is 15.2. The average Bonchev–Trinajstić information content (AvgIpc) is 2.89. The van der Waals surface area contributed by atoms with Crippen LogP contribution in [0.15, 0.2) is 18.2 Å². The fourth-order valence-electron chi connectivity index (χ4n) is 3.03. The van der Waals surface area contributed by atoms with Crippen LogP contribution >= 0.6 is 0 Å². The summed E-state index contributed by atoms with van der Waals surface area (Å²) < 4.78 is 0. The minimum atomic E-state index is 0.492. The van der Waals surface area contributed by atoms with Crippen molar-refractivity contribution in [1.29, 1.82) is 0 Å². The topological polar surface area (TPSA) is 57.9 Å². The lowest BCUT2D eigenvalue weighted by atomic mass is 9.99. The molecule has 4 heteroatoms. The van der Waals surface area contributed by atoms with Crippen LogP contribution in [0.1, 0.15) is 23.9 Å². The molecule has 2 aromatic rings. The Morgan fingerprint density at radius 1 is 1.50 bits per heavy atom. The molecule has 1 aliphatic rings. The Bertz CT molecular complexity index is 560. The second-order valence-corrected chi connectivity index (χ2v) is 5.39. The summed E-state index contributed by atoms with van der Waals surface area (Å²) in [6.07, 6.45) is 1.16. The monoisotopic (exact) mass is 244 g/mol. The van der Waals surface area contributed by atoms with Gasteiger partial charge < -0.3 is 10.7 Å². The van der Waals surface area contributed by atoms with Crippen molar-refractivity contribution in [2.75, 3.05) is 20.1 Å². The van der Waals surface area contributed by atoms with Gasteiger partial charge in [0.05, 0.1) is 11.0 Å². The van der Waals surface area contributed by atoms with Crippen LogP contribution in [0.2, 0.25) is 0 Å². The summed E-state index contributed by atoms with van der Waals surface area (Å²) in [5.41, 5.74) is 9.34. The minimum absolute atomic E-state index is 0.492. The van der Waals surface area contributed by atoms with Crippen molar-refractivity contribution < 1.29 is 0 Å². The third-order valence-electron chi connectivity index (χ3n) is 3.98. The van der Waals surface area contributed by atoms with Crippen LogP contribution in [0.3, 0.4) is 0 Å². The van der Waals surface area contributed by atoms with E-state index in [2.05, 4.69) is 40.1 Å². The van der Waals surface area contributed by atoms with Gasteiger partial charge in [0.15, 0.2) is 0 Å². The molecule has 0 aliphatic carbocycles. The van der Waals surface area contributed by atoms with E-state index in [1.807, 2.05) is 6.92 Å². The van der Waals surface area contributed by atoms with E-state index >= 15 is 0 Å². The van der Waals surface area contributed by atoms with Gasteiger partial charge in [0.2, 0.25) is 0 Å². The number of imidazole rings is 1. The lowest BCUT2D eigenvalue weighted by Gasteiger charge is -2.19. The predicted octanol–water partition coefficient (Wildman–Crippen LogP) is 1.82. The molecule has 2 unspecified atom stereocenters. The van der Waals surface area contributed by atoms with Gasteiger partial charge in [-0.05, 0) is 50.6 Å². The van der Waals surface area contributed by atoms with Gasteiger partial charge in [0.25, 0.3) is 0 Å². The molecule has 3 N–H and O–H groups in total. The number of nitrogens with one attached hydrogen (secondary N) is 1. The van der Waals surface area contributed by atoms with E-state index in [9.17, 15) is 0 Å². The maximum atomic E-state index is 5.79. The van der Waals surface area contributed by atoms with Crippen molar-refractivity contribution in [2.45, 2.75) is 19.4 Å². The number of H-pyrrole nitrogens is 1. The molecule has 1 fully saturated rings. The molecule has 2 atom stereocenters. The third kappa shape index (κ3) is 1.91. The fourth-order valence-corrected chi connectivity index (χ4v) is 3.03. The second kappa shape index (κ2) is 4.37. The van der Waals surface area contributed by atoms with E-state index in [0.717, 1.165) is 36.4 Å². The molecule has 1 saturated heterocycles. The summed E-state index contributed by atoms with van der Waals surface area (Å²) in [5.74, 6) is 1.60. The molecule has 0 amide bonds. The zero-order chi connectivity index (χ0) is 12.7. The van der Waals surface area contributed by atoms with Crippen molar-refractivity contribution in [2.24, 2.45) is 11.7 Å². The number of likely N-dealkylation sites (tertiary alicyclic amines) is 1. The number of nitrogens with zero attached hydrogens (tertiary/aromatic N) is 2. The first-order valence-corrected chi connectivity index (χ1v) is 6.54. The van der Waals surface area contributed by atoms with E-state index in [4.69, 9.17) is 5.73 Å². The largest absolute Gasteiger partial charge is 0.342 e. The van der Waals surface area contributed by atoms with Crippen molar-refractivity contribution in [1.82, 2.24) is 14.9 Å². The van der Waals surface area contributed by atoms with Crippen LogP contribution in [0.4, 0.5) is 0 Å². The van der Waals surface area contributed by atoms with Gasteiger partial charge in [0.1, 0.15) is 5.82 Å². The Kier molecular flexibility index (Phi) is 2.84. The quantitative estimate of drug-likeness (QED) is 0.847. The van der Waals surface area contributed by atoms with Crippen molar-refractivity contribution in [3.05, 3.63) is 29.6 Å². The average molecular weight is 244 g/mol. The van der Waals surface area contributed by atoms with Crippen LogP contribution in [0.5, 0.6) is 0 Å². The van der Waals surface area contributed by atoms with Gasteiger partial charge in [-0.2, -0.15) is 0 Å². The normalized spacial score (nSPS) is 25.1. The Labute approximate surface area is 107 Å². The SMILES string of the molecule is Cc1nc2ccc(C3CC(CN)CN3C)cc2[nH]1. The first-order valence-electron chi connectivity index (χ1n) is 6.54. The Morgan fingerprint density at radius 3 is 3.06 bits per heavy atom. The number of hydrogen-bond donors (Lipinski definition) is 2. The van der Waals surface area contributed by atoms with Crippen molar-refractivity contribution in [3.63, 3.8) is 0 Å². The number of aromatic nitrogens is 2. The van der Waals surface area contributed by atoms with Gasteiger partial charge >= 0.3 is 0 Å². The second-order valence-electron chi connectivity index (χ2n) is 5.39. The van der Waals surface area contributed by atoms with Gasteiger partial charge in [-0.3, -0.25) is 4.90 Å². The Balaban J connectivity index is 1.94. The van der Waals surface area contributed by atoms with Crippen LogP contribution in [0.25, 0.3) is 11.0 Å². The summed E-state index contributed by atoms with van der Waals surface area (Å²) in [6.45, 7) is 3.87. The van der Waals surface area contributed by atoms with Gasteiger partial charge in [-0.1, -0.05) is 6.07 Å². The van der Waals surface area contributed by atoms with Crippen LogP contribution in [-0.2, 0) is 0 Å². The molecule has 0 bridgehead atoms. The van der Waals surface area contributed by atoms with E-state index in [1.54, 1.807) is 0 Å². The molecular formula is C14H20N4. The van der Waals surface area contributed by atoms with Crippen LogP contribution in [0, 0.1) is 12.8 Å². The summed E-state index contributed by atoms with van der Waals surface area (Å²) in [4.78, 5) is 10.2. The zero-order valence-electron chi connectivity index (χ0n) is 11.0. The molecule has 0 radical (unpaired) electrons. The van der Waals surface area contributed by atoms with Crippen molar-refractivity contribution in [3.8, 4) is 0 Å². The number of aryl methyl sites for hydroxylation is 1. The molecule has 4 nitrogen and oxygen atoms in total. The lowest BCUT2D eigenvalue weighted by Crippen LogP contribution is -2.20. The van der Waals surface area contributed by atoms with Gasteiger partial charge in [-0.15, -0.1) is 0 Å². The molecule has 1 aromatic carbocycles. The smallest absolute Gasteiger partial charge is 0.104 e. The molecule has 96 valence electrons. The molecule has 1 aliphatic heterocycles. The van der Waals surface area contributed by atoms with Crippen LogP contribution < -0.4 is 5.73 Å². The van der Waals surface area contributed by atoms with Crippen LogP contribution in [-0.4, -0.2) is 35.0 Å². The van der Waals surface area contributed by atoms with Crippen molar-refractivity contribution >= 4 is 11.0 Å². The molecule has 0 saturated carbocycles. The molecular weight excluding hydrogens is 224 g/mol. The van der Waals surface area contributed by atoms with Gasteiger partial charge in [0, 0.05) is 12.6 Å². The predicted molar refractivity (Wildman–Crippen MR) is 73.4 cm³/mol. The molecule has 0 spiro atoms. The number of aromatic amines is 1. The summed E-state index contributed by atoms with van der Waals surface area (Å²) in [7, 11) is 2.18. The zero-order valence-corrected chi connectivity index (χ0v) is 11.0. The standard InChI is InChI=1S/C14H20N4/c1-9-16-12-4-3-11(6-13(12)17-9)14-5-10(7-15)8-18(14)2/h3-4,6,10,14H,5,7-8,15H2,1-2H3,(H,16,17). The first kappa shape index (κ1) is 11.7. The first-order chi connectivity index (χ1) is 8.67. The number of hydrogen-bond acceptors (Lipinski definition) is 3. The van der Waals surface area contributed by atoms with Gasteiger partial charge in [-0.25, -0.2) is 4.98 Å². The molecule has 1 aromatic heterocycles. The number of fused-ring (bicyclic) bond motifs is 1. The Hall–Kier alpha value is -1.39. The maximum absolute atomic E-state index is 5.79. The molecule has 2 heterocycles. The van der Waals surface area contributed by atoms with E-state index in [-0.39, 0.29) is 0 Å². The fraction of sp³-hybridized carbons (Fsp3) is 0.500. The van der Waals surface area contributed by atoms with E-state index in [1.165, 1.54) is 5.56 Å².